The molecule has 2 N–H and O–H groups in total. The van der Waals surface area contributed by atoms with Crippen LogP contribution in [0.3, 0.4) is 0 Å². The highest BCUT2D eigenvalue weighted by Gasteiger charge is 2.20. The summed E-state index contributed by atoms with van der Waals surface area (Å²) in [5.41, 5.74) is 1.20. The zero-order valence-corrected chi connectivity index (χ0v) is 11.4. The van der Waals surface area contributed by atoms with Crippen LogP contribution in [-0.2, 0) is 0 Å². The Balaban J connectivity index is 2.48. The molecule has 1 aromatic heterocycles. The van der Waals surface area contributed by atoms with Crippen molar-refractivity contribution in [1.29, 1.82) is 0 Å². The van der Waals surface area contributed by atoms with Gasteiger partial charge in [0.05, 0.1) is 5.69 Å². The lowest BCUT2D eigenvalue weighted by atomic mass is 10.1. The van der Waals surface area contributed by atoms with E-state index in [4.69, 9.17) is 0 Å². The number of aryl methyl sites for hydroxylation is 1. The third-order valence-corrected chi connectivity index (χ3v) is 3.10. The second-order valence-electron chi connectivity index (χ2n) is 4.44. The van der Waals surface area contributed by atoms with Gasteiger partial charge in [-0.3, -0.25) is 9.59 Å². The number of benzene rings is 1. The zero-order valence-electron chi connectivity index (χ0n) is 11.4. The highest BCUT2D eigenvalue weighted by Crippen LogP contribution is 2.25. The van der Waals surface area contributed by atoms with E-state index in [2.05, 4.69) is 4.98 Å². The number of amides is 1. The van der Waals surface area contributed by atoms with Crippen LogP contribution >= 0.6 is 0 Å². The number of nitrogens with zero attached hydrogens (tertiary/aromatic N) is 1. The molecule has 0 aliphatic rings. The summed E-state index contributed by atoms with van der Waals surface area (Å²) in [6, 6.07) is 6.13. The minimum Gasteiger partial charge on any atom is -0.508 e. The Labute approximate surface area is 116 Å². The van der Waals surface area contributed by atoms with Crippen LogP contribution in [-0.4, -0.2) is 22.5 Å². The number of nitrogens with one attached hydrogen (secondary N) is 1. The van der Waals surface area contributed by atoms with E-state index >= 15 is 0 Å². The van der Waals surface area contributed by atoms with Crippen molar-refractivity contribution in [3.8, 4) is 5.75 Å². The number of aromatic amines is 1. The van der Waals surface area contributed by atoms with Gasteiger partial charge >= 0.3 is 0 Å². The van der Waals surface area contributed by atoms with E-state index in [1.165, 1.54) is 29.4 Å². The summed E-state index contributed by atoms with van der Waals surface area (Å²) in [7, 11) is 0. The van der Waals surface area contributed by atoms with Crippen LogP contribution in [0, 0.1) is 6.92 Å². The average molecular weight is 272 g/mol. The fraction of sp³-hybridized carbons (Fsp3) is 0.200. The van der Waals surface area contributed by atoms with E-state index < -0.39 is 0 Å². The number of anilines is 1. The molecule has 1 heterocycles. The standard InChI is InChI=1S/C15H16N2O3/c1-3-17(13-8-11(18)5-4-10(13)2)15(20)12-9-16-7-6-14(12)19/h4-9,18H,3H2,1-2H3,(H,16,19). The van der Waals surface area contributed by atoms with Gasteiger partial charge in [0.25, 0.3) is 5.91 Å². The molecule has 0 aliphatic heterocycles. The van der Waals surface area contributed by atoms with E-state index in [1.807, 2.05) is 13.8 Å². The Bertz CT molecular complexity index is 692. The maximum Gasteiger partial charge on any atom is 0.263 e. The van der Waals surface area contributed by atoms with Crippen molar-refractivity contribution < 1.29 is 9.90 Å². The van der Waals surface area contributed by atoms with Gasteiger partial charge in [-0.05, 0) is 25.5 Å². The normalized spacial score (nSPS) is 10.3. The lowest BCUT2D eigenvalue weighted by molar-refractivity contribution is 0.0987. The summed E-state index contributed by atoms with van der Waals surface area (Å²) in [5.74, 6) is -0.304. The van der Waals surface area contributed by atoms with Crippen LogP contribution in [0.2, 0.25) is 0 Å². The lowest BCUT2D eigenvalue weighted by Crippen LogP contribution is -2.34. The number of phenols is 1. The summed E-state index contributed by atoms with van der Waals surface area (Å²) in [4.78, 5) is 28.4. The van der Waals surface area contributed by atoms with Crippen LogP contribution in [0.25, 0.3) is 0 Å². The summed E-state index contributed by atoms with van der Waals surface area (Å²) in [5, 5.41) is 9.58. The van der Waals surface area contributed by atoms with Crippen molar-refractivity contribution in [3.63, 3.8) is 0 Å². The fourth-order valence-corrected chi connectivity index (χ4v) is 2.04. The number of hydrogen-bond donors (Lipinski definition) is 2. The van der Waals surface area contributed by atoms with Crippen molar-refractivity contribution in [2.45, 2.75) is 13.8 Å². The number of aromatic hydroxyl groups is 1. The predicted molar refractivity (Wildman–Crippen MR) is 77.3 cm³/mol. The van der Waals surface area contributed by atoms with Crippen LogP contribution in [0.1, 0.15) is 22.8 Å². The predicted octanol–water partition coefficient (Wildman–Crippen LogP) is 2.06. The Morgan fingerprint density at radius 2 is 2.10 bits per heavy atom. The van der Waals surface area contributed by atoms with Gasteiger partial charge in [0.2, 0.25) is 0 Å². The molecule has 5 nitrogen and oxygen atoms in total. The van der Waals surface area contributed by atoms with Gasteiger partial charge in [-0.15, -0.1) is 0 Å². The molecule has 0 radical (unpaired) electrons. The third kappa shape index (κ3) is 2.56. The molecule has 1 amide bonds. The first-order valence-electron chi connectivity index (χ1n) is 6.33. The van der Waals surface area contributed by atoms with Gasteiger partial charge in [-0.2, -0.15) is 0 Å². The van der Waals surface area contributed by atoms with Gasteiger partial charge in [-0.1, -0.05) is 6.07 Å². The first kappa shape index (κ1) is 13.9. The Morgan fingerprint density at radius 1 is 1.35 bits per heavy atom. The molecule has 0 fully saturated rings. The molecule has 0 atom stereocenters. The van der Waals surface area contributed by atoms with Crippen LogP contribution in [0.15, 0.2) is 41.5 Å². The molecule has 0 spiro atoms. The highest BCUT2D eigenvalue weighted by molar-refractivity contribution is 6.06. The Morgan fingerprint density at radius 3 is 2.75 bits per heavy atom. The van der Waals surface area contributed by atoms with Gasteiger partial charge < -0.3 is 15.0 Å². The van der Waals surface area contributed by atoms with Crippen LogP contribution < -0.4 is 10.3 Å². The molecule has 104 valence electrons. The van der Waals surface area contributed by atoms with Crippen molar-refractivity contribution in [2.24, 2.45) is 0 Å². The molecule has 1 aromatic carbocycles. The molecule has 0 aliphatic carbocycles. The number of hydrogen-bond acceptors (Lipinski definition) is 3. The second-order valence-corrected chi connectivity index (χ2v) is 4.44. The zero-order chi connectivity index (χ0) is 14.7. The lowest BCUT2D eigenvalue weighted by Gasteiger charge is -2.22. The van der Waals surface area contributed by atoms with Gasteiger partial charge in [0.1, 0.15) is 11.3 Å². The van der Waals surface area contributed by atoms with Gasteiger partial charge in [0, 0.05) is 31.1 Å². The maximum atomic E-state index is 12.5. The molecule has 0 saturated heterocycles. The van der Waals surface area contributed by atoms with Crippen molar-refractivity contribution in [1.82, 2.24) is 4.98 Å². The van der Waals surface area contributed by atoms with Crippen molar-refractivity contribution in [2.75, 3.05) is 11.4 Å². The summed E-state index contributed by atoms with van der Waals surface area (Å²) < 4.78 is 0. The number of pyridine rings is 1. The van der Waals surface area contributed by atoms with Gasteiger partial charge in [-0.25, -0.2) is 0 Å². The topological polar surface area (TPSA) is 73.4 Å². The monoisotopic (exact) mass is 272 g/mol. The second kappa shape index (κ2) is 5.61. The van der Waals surface area contributed by atoms with Crippen molar-refractivity contribution >= 4 is 11.6 Å². The average Bonchev–Trinajstić information content (AvgIpc) is 2.44. The minimum atomic E-state index is -0.386. The van der Waals surface area contributed by atoms with E-state index in [1.54, 1.807) is 12.1 Å². The number of H-pyrrole nitrogens is 1. The summed E-state index contributed by atoms with van der Waals surface area (Å²) in [6.45, 7) is 4.07. The quantitative estimate of drug-likeness (QED) is 0.898. The highest BCUT2D eigenvalue weighted by atomic mass is 16.3. The minimum absolute atomic E-state index is 0.0806. The number of phenolic OH excluding ortho intramolecular Hbond substituents is 1. The van der Waals surface area contributed by atoms with Crippen LogP contribution in [0.4, 0.5) is 5.69 Å². The molecule has 0 bridgehead atoms. The summed E-state index contributed by atoms with van der Waals surface area (Å²) in [6.07, 6.45) is 2.88. The molecule has 2 aromatic rings. The van der Waals surface area contributed by atoms with E-state index in [9.17, 15) is 14.7 Å². The summed E-state index contributed by atoms with van der Waals surface area (Å²) >= 11 is 0. The number of carbonyl (C=O) groups is 1. The first-order chi connectivity index (χ1) is 9.54. The fourth-order valence-electron chi connectivity index (χ4n) is 2.04. The van der Waals surface area contributed by atoms with E-state index in [-0.39, 0.29) is 22.6 Å². The Hall–Kier alpha value is -2.56. The molecule has 0 saturated carbocycles. The van der Waals surface area contributed by atoms with E-state index in [0.717, 1.165) is 5.56 Å². The first-order valence-corrected chi connectivity index (χ1v) is 6.33. The molecule has 2 rings (SSSR count). The van der Waals surface area contributed by atoms with E-state index in [0.29, 0.717) is 12.2 Å². The molecule has 20 heavy (non-hydrogen) atoms. The smallest absolute Gasteiger partial charge is 0.263 e. The van der Waals surface area contributed by atoms with Crippen LogP contribution in [0.5, 0.6) is 5.75 Å². The third-order valence-electron chi connectivity index (χ3n) is 3.10. The number of carbonyl (C=O) groups excluding carboxylic acids is 1. The number of rotatable bonds is 3. The number of aromatic nitrogens is 1. The van der Waals surface area contributed by atoms with Gasteiger partial charge in [0.15, 0.2) is 5.43 Å². The molecular formula is C15H16N2O3. The molecule has 5 heteroatoms. The molecular weight excluding hydrogens is 256 g/mol. The SMILES string of the molecule is CCN(C(=O)c1c[nH]ccc1=O)c1cc(O)ccc1C. The van der Waals surface area contributed by atoms with Crippen molar-refractivity contribution in [3.05, 3.63) is 58.0 Å². The maximum absolute atomic E-state index is 12.5. The largest absolute Gasteiger partial charge is 0.508 e. The molecule has 0 unspecified atom stereocenters. The Kier molecular flexibility index (Phi) is 3.89.